The number of anilines is 5. The number of nitrogens with two attached hydrogens (primary N) is 4. The van der Waals surface area contributed by atoms with Gasteiger partial charge in [0.15, 0.2) is 0 Å². The van der Waals surface area contributed by atoms with Crippen LogP contribution in [0.4, 0.5) is 73.9 Å². The number of azo groups is 4. The van der Waals surface area contributed by atoms with Gasteiger partial charge >= 0.3 is 0 Å². The fourth-order valence-electron chi connectivity index (χ4n) is 13.3. The molecule has 0 spiro atoms. The minimum absolute atomic E-state index is 0.0411. The molecule has 13 aromatic rings. The van der Waals surface area contributed by atoms with Crippen LogP contribution in [0.25, 0.3) is 43.1 Å². The van der Waals surface area contributed by atoms with Crippen molar-refractivity contribution in [1.29, 1.82) is 0 Å². The lowest BCUT2D eigenvalue weighted by molar-refractivity contribution is -0.114. The van der Waals surface area contributed by atoms with Gasteiger partial charge in [0.05, 0.1) is 55.7 Å². The van der Waals surface area contributed by atoms with Crippen molar-refractivity contribution in [3.63, 3.8) is 0 Å². The van der Waals surface area contributed by atoms with Gasteiger partial charge in [-0.3, -0.25) is 9.59 Å². The number of amides is 2. The maximum absolute atomic E-state index is 13.5. The van der Waals surface area contributed by atoms with E-state index in [1.165, 1.54) is 15.5 Å². The summed E-state index contributed by atoms with van der Waals surface area (Å²) in [5.74, 6) is 0.222. The van der Waals surface area contributed by atoms with Crippen LogP contribution in [0.5, 0.6) is 23.0 Å². The fourth-order valence-corrected chi connectivity index (χ4v) is 16.6. The molecule has 1 aliphatic heterocycles. The number of sulfonamides is 2. The van der Waals surface area contributed by atoms with Crippen molar-refractivity contribution >= 4 is 149 Å². The van der Waals surface area contributed by atoms with Crippen LogP contribution >= 0.6 is 0 Å². The molecule has 14 N–H and O–H groups in total. The number of nitrogens with zero attached hydrogens (tertiary/aromatic N) is 10. The van der Waals surface area contributed by atoms with E-state index in [1.54, 1.807) is 141 Å². The van der Waals surface area contributed by atoms with E-state index in [2.05, 4.69) is 51.5 Å². The highest BCUT2D eigenvalue weighted by molar-refractivity contribution is 7.89. The lowest BCUT2D eigenvalue weighted by Crippen LogP contribution is -2.33. The van der Waals surface area contributed by atoms with Gasteiger partial charge in [-0.1, -0.05) is 163 Å². The van der Waals surface area contributed by atoms with Gasteiger partial charge in [-0.2, -0.15) is 18.8 Å². The zero-order valence-corrected chi connectivity index (χ0v) is 71.9. The SMILES string of the molecule is CC.CC(=O)Nc1ccc(N=Nc2c(N)ccc3cc(C)cc(O)c23)cc1.CCCCN(CCCC)S(=O)(=O)c1ccccc1N=Nc1c(N)ccc2cc(C)cc(O)c12.CNC(=O)c1ccccc1.Cc1cc(O)c2c(N=Nc3ccccc3)c(N)ccc2c1.Cc1cc(O)c2c(N=Nc3ccccc3S(=O)(=O)N3CCCCCC3)c(N)ccc2c1. The number of carbonyl (C=O) groups is 2. The van der Waals surface area contributed by atoms with Crippen molar-refractivity contribution in [2.45, 2.75) is 123 Å². The second-order valence-corrected chi connectivity index (χ2v) is 32.5. The number of rotatable bonds is 20. The normalized spacial score (nSPS) is 12.4. The molecule has 28 heteroatoms. The minimum Gasteiger partial charge on any atom is -0.507 e. The number of nitrogens with one attached hydrogen (secondary N) is 2. The summed E-state index contributed by atoms with van der Waals surface area (Å²) in [6, 6.07) is 67.4. The zero-order valence-electron chi connectivity index (χ0n) is 70.3. The standard InChI is InChI=1S/C25H32N4O3S.C23H26N4O3S.C19H18N4O2.C17H15N3O.C8H9NO.C2H6/c1-4-6-14-29(15-7-5-2)33(31,32)23-11-9-8-10-21(23)27-28-25-20(26)13-12-19-16-18(3)17-22(30)24(19)25;1-16-14-17-10-11-18(24)23(22(17)20(28)15-16)26-25-19-8-4-5-9-21(19)31(29,30)27-12-6-2-3-7-13-27;1-11-9-13-3-8-16(20)19(18(13)17(25)10-11)23-22-15-6-4-14(5-7-15)21-12(2)24;1-11-9-12-7-8-14(18)17(16(12)15(21)10-11)20-19-13-5-3-2-4-6-13;1-9-8(10)7-5-3-2-4-6-7;1-2/h8-13,16-17,30H,4-7,14-15,26H2,1-3H3;4-5,8-11,14-15,28H,2-3,6-7,12-13,24H2,1H3;3-10,25H,20H2,1-2H3,(H,21,24);2-10,21H,18H2,1H3;2-6H,1H3,(H,9,10);1-2H3. The molecular formula is C94H106N16O10S2. The van der Waals surface area contributed by atoms with Crippen molar-refractivity contribution in [3.8, 4) is 23.0 Å². The Labute approximate surface area is 712 Å². The average molecular weight is 1680 g/mol. The third-order valence-corrected chi connectivity index (χ3v) is 23.2. The second kappa shape index (κ2) is 44.0. The summed E-state index contributed by atoms with van der Waals surface area (Å²) in [6.45, 7) is 19.1. The summed E-state index contributed by atoms with van der Waals surface area (Å²) >= 11 is 0. The number of hydrogen-bond acceptors (Lipinski definition) is 22. The van der Waals surface area contributed by atoms with Crippen LogP contribution in [-0.2, 0) is 24.8 Å². The monoisotopic (exact) mass is 1680 g/mol. The third kappa shape index (κ3) is 24.1. The maximum Gasteiger partial charge on any atom is 0.251 e. The molecule has 1 fully saturated rings. The summed E-state index contributed by atoms with van der Waals surface area (Å²) in [4.78, 5) is 22.2. The highest BCUT2D eigenvalue weighted by atomic mass is 32.2. The van der Waals surface area contributed by atoms with Gasteiger partial charge in [0.25, 0.3) is 5.91 Å². The Kier molecular flexibility index (Phi) is 33.3. The van der Waals surface area contributed by atoms with Crippen molar-refractivity contribution < 1.29 is 46.9 Å². The molecular weight excluding hydrogens is 1580 g/mol. The van der Waals surface area contributed by atoms with Crippen LogP contribution in [0, 0.1) is 27.7 Å². The van der Waals surface area contributed by atoms with Crippen molar-refractivity contribution in [1.82, 2.24) is 13.9 Å². The first-order valence-electron chi connectivity index (χ1n) is 40.2. The van der Waals surface area contributed by atoms with Crippen molar-refractivity contribution in [2.75, 3.05) is 61.5 Å². The smallest absolute Gasteiger partial charge is 0.251 e. The molecule has 13 aromatic carbocycles. The van der Waals surface area contributed by atoms with Gasteiger partial charge in [0.2, 0.25) is 26.0 Å². The Morgan fingerprint density at radius 3 is 1.12 bits per heavy atom. The molecule has 1 heterocycles. The molecule has 0 bridgehead atoms. The summed E-state index contributed by atoms with van der Waals surface area (Å²) < 4.78 is 56.7. The van der Waals surface area contributed by atoms with Crippen molar-refractivity contribution in [2.24, 2.45) is 40.9 Å². The summed E-state index contributed by atoms with van der Waals surface area (Å²) in [7, 11) is -5.82. The quantitative estimate of drug-likeness (QED) is 0.0250. The van der Waals surface area contributed by atoms with Gasteiger partial charge in [-0.25, -0.2) is 16.8 Å². The molecule has 2 amide bonds. The molecule has 0 radical (unpaired) electrons. The number of unbranched alkanes of at least 4 members (excludes halogenated alkanes) is 2. The van der Waals surface area contributed by atoms with E-state index in [4.69, 9.17) is 22.9 Å². The summed E-state index contributed by atoms with van der Waals surface area (Å²) in [5, 5.41) is 86.2. The molecule has 0 aromatic heterocycles. The second-order valence-electron chi connectivity index (χ2n) is 28.7. The predicted octanol–water partition coefficient (Wildman–Crippen LogP) is 23.6. The largest absolute Gasteiger partial charge is 0.507 e. The Morgan fingerprint density at radius 1 is 0.418 bits per heavy atom. The number of hydrogen-bond donors (Lipinski definition) is 10. The van der Waals surface area contributed by atoms with Crippen LogP contribution in [0.1, 0.15) is 119 Å². The molecule has 634 valence electrons. The highest BCUT2D eigenvalue weighted by Crippen LogP contribution is 2.45. The number of fused-ring (bicyclic) bond motifs is 4. The van der Waals surface area contributed by atoms with Gasteiger partial charge in [-0.05, 0) is 219 Å². The fraction of sp³-hybridized carbons (Fsp3) is 0.234. The van der Waals surface area contributed by atoms with E-state index >= 15 is 0 Å². The summed E-state index contributed by atoms with van der Waals surface area (Å²) in [5.41, 5.74) is 34.4. The van der Waals surface area contributed by atoms with E-state index in [1.807, 2.05) is 152 Å². The Bertz CT molecular complexity index is 6180. The van der Waals surface area contributed by atoms with Crippen LogP contribution in [0.3, 0.4) is 0 Å². The van der Waals surface area contributed by atoms with Crippen LogP contribution in [0.15, 0.2) is 281 Å². The first-order chi connectivity index (χ1) is 58.6. The van der Waals surface area contributed by atoms with E-state index in [0.717, 1.165) is 101 Å². The van der Waals surface area contributed by atoms with Gasteiger partial charge in [0, 0.05) is 51.4 Å². The topological polar surface area (TPSA) is 417 Å². The number of aromatic hydroxyl groups is 4. The average Bonchev–Trinajstić information content (AvgIpc) is 0.996. The van der Waals surface area contributed by atoms with Gasteiger partial charge < -0.3 is 54.0 Å². The molecule has 0 aliphatic carbocycles. The molecule has 1 aliphatic rings. The summed E-state index contributed by atoms with van der Waals surface area (Å²) in [6.07, 6.45) is 7.18. The van der Waals surface area contributed by atoms with Crippen LogP contribution in [0.2, 0.25) is 0 Å². The van der Waals surface area contributed by atoms with E-state index in [0.29, 0.717) is 110 Å². The molecule has 0 unspecified atom stereocenters. The Morgan fingerprint density at radius 2 is 0.754 bits per heavy atom. The van der Waals surface area contributed by atoms with Crippen molar-refractivity contribution in [3.05, 3.63) is 258 Å². The first kappa shape index (κ1) is 92.3. The molecule has 14 rings (SSSR count). The van der Waals surface area contributed by atoms with Gasteiger partial charge in [0.1, 0.15) is 66.9 Å². The van der Waals surface area contributed by atoms with Crippen LogP contribution in [-0.4, -0.2) is 90.9 Å². The molecule has 26 nitrogen and oxygen atoms in total. The highest BCUT2D eigenvalue weighted by Gasteiger charge is 2.29. The molecule has 1 saturated heterocycles. The Hall–Kier alpha value is -13.5. The van der Waals surface area contributed by atoms with E-state index in [-0.39, 0.29) is 56.0 Å². The third-order valence-electron chi connectivity index (χ3n) is 19.3. The lowest BCUT2D eigenvalue weighted by atomic mass is 10.0. The number of aryl methyl sites for hydroxylation is 4. The molecule has 122 heavy (non-hydrogen) atoms. The predicted molar refractivity (Wildman–Crippen MR) is 493 cm³/mol. The van der Waals surface area contributed by atoms with E-state index < -0.39 is 20.0 Å². The number of phenolic OH excluding ortho intramolecular Hbond substituents is 4. The molecule has 0 atom stereocenters. The van der Waals surface area contributed by atoms with Crippen LogP contribution < -0.4 is 33.6 Å². The zero-order chi connectivity index (χ0) is 88.2. The minimum atomic E-state index is -3.75. The maximum atomic E-state index is 13.5. The molecule has 0 saturated carbocycles. The number of phenols is 4. The Balaban J connectivity index is 0.000000178. The number of benzene rings is 13. The number of carbonyl (C=O) groups excluding carboxylic acids is 2. The van der Waals surface area contributed by atoms with Gasteiger partial charge in [-0.15, -0.1) is 30.7 Å². The number of nitrogen functional groups attached to an aromatic ring is 4. The lowest BCUT2D eigenvalue weighted by Gasteiger charge is -2.22. The van der Waals surface area contributed by atoms with E-state index in [9.17, 15) is 46.9 Å². The first-order valence-corrected chi connectivity index (χ1v) is 43.1.